The van der Waals surface area contributed by atoms with E-state index in [1.165, 1.54) is 20.4 Å². The van der Waals surface area contributed by atoms with E-state index in [4.69, 9.17) is 9.47 Å². The molecule has 0 fully saturated rings. The fourth-order valence-electron chi connectivity index (χ4n) is 1.65. The third-order valence-corrected chi connectivity index (χ3v) is 2.55. The predicted octanol–water partition coefficient (Wildman–Crippen LogP) is 1.93. The molecule has 0 aliphatic carbocycles. The molecule has 5 heteroatoms. The highest BCUT2D eigenvalue weighted by atomic mass is 16.5. The lowest BCUT2D eigenvalue weighted by molar-refractivity contribution is -0.142. The molecule has 1 aromatic rings. The summed E-state index contributed by atoms with van der Waals surface area (Å²) in [6.45, 7) is 2.07. The first-order valence-corrected chi connectivity index (χ1v) is 5.67. The molecule has 94 valence electrons. The van der Waals surface area contributed by atoms with Crippen molar-refractivity contribution in [3.05, 3.63) is 18.1 Å². The third-order valence-electron chi connectivity index (χ3n) is 2.55. The number of unbranched alkanes of at least 4 members (excludes halogenated alkanes) is 1. The molecule has 17 heavy (non-hydrogen) atoms. The van der Waals surface area contributed by atoms with Gasteiger partial charge in [-0.1, -0.05) is 19.8 Å². The number of esters is 1. The van der Waals surface area contributed by atoms with Crippen molar-refractivity contribution in [2.45, 2.75) is 32.1 Å². The van der Waals surface area contributed by atoms with E-state index < -0.39 is 5.92 Å². The van der Waals surface area contributed by atoms with Gasteiger partial charge in [0.05, 0.1) is 14.2 Å². The number of ether oxygens (including phenoxy) is 2. The molecule has 0 radical (unpaired) electrons. The Morgan fingerprint density at radius 1 is 1.35 bits per heavy atom. The van der Waals surface area contributed by atoms with Crippen LogP contribution in [0.25, 0.3) is 0 Å². The number of aromatic nitrogens is 2. The highest BCUT2D eigenvalue weighted by Crippen LogP contribution is 2.27. The zero-order valence-electron chi connectivity index (χ0n) is 10.5. The fourth-order valence-corrected chi connectivity index (χ4v) is 1.65. The smallest absolute Gasteiger partial charge is 0.314 e. The van der Waals surface area contributed by atoms with Gasteiger partial charge in [0.1, 0.15) is 11.6 Å². The Hall–Kier alpha value is -1.65. The van der Waals surface area contributed by atoms with E-state index >= 15 is 0 Å². The van der Waals surface area contributed by atoms with E-state index in [2.05, 4.69) is 16.9 Å². The summed E-state index contributed by atoms with van der Waals surface area (Å²) >= 11 is 0. The summed E-state index contributed by atoms with van der Waals surface area (Å²) in [5.74, 6) is -0.306. The minimum absolute atomic E-state index is 0.294. The van der Waals surface area contributed by atoms with Crippen molar-refractivity contribution in [2.24, 2.45) is 0 Å². The van der Waals surface area contributed by atoms with Gasteiger partial charge in [-0.05, 0) is 6.42 Å². The first kappa shape index (κ1) is 13.4. The standard InChI is InChI=1S/C12H18N2O3/c1-4-5-6-9(12(15)17-3)10-11(16-2)14-8-7-13-10/h7-9H,4-6H2,1-3H3. The Labute approximate surface area is 101 Å². The normalized spacial score (nSPS) is 11.9. The van der Waals surface area contributed by atoms with E-state index in [1.807, 2.05) is 0 Å². The number of hydrogen-bond donors (Lipinski definition) is 0. The monoisotopic (exact) mass is 238 g/mol. The molecule has 0 bridgehead atoms. The van der Waals surface area contributed by atoms with Crippen LogP contribution in [0.3, 0.4) is 0 Å². The second-order valence-electron chi connectivity index (χ2n) is 3.67. The van der Waals surface area contributed by atoms with Gasteiger partial charge in [0, 0.05) is 12.4 Å². The summed E-state index contributed by atoms with van der Waals surface area (Å²) in [5, 5.41) is 0. The van der Waals surface area contributed by atoms with Crippen molar-refractivity contribution >= 4 is 5.97 Å². The van der Waals surface area contributed by atoms with Gasteiger partial charge in [-0.25, -0.2) is 4.98 Å². The van der Waals surface area contributed by atoms with Crippen LogP contribution in [0.4, 0.5) is 0 Å². The zero-order valence-corrected chi connectivity index (χ0v) is 10.5. The Morgan fingerprint density at radius 3 is 2.65 bits per heavy atom. The first-order valence-electron chi connectivity index (χ1n) is 5.67. The molecular formula is C12H18N2O3. The van der Waals surface area contributed by atoms with Crippen molar-refractivity contribution in [3.63, 3.8) is 0 Å². The van der Waals surface area contributed by atoms with Gasteiger partial charge >= 0.3 is 5.97 Å². The molecular weight excluding hydrogens is 220 g/mol. The van der Waals surface area contributed by atoms with E-state index in [0.29, 0.717) is 18.0 Å². The second kappa shape index (κ2) is 6.83. The zero-order chi connectivity index (χ0) is 12.7. The molecule has 1 aromatic heterocycles. The predicted molar refractivity (Wildman–Crippen MR) is 62.9 cm³/mol. The number of carbonyl (C=O) groups is 1. The minimum Gasteiger partial charge on any atom is -0.480 e. The van der Waals surface area contributed by atoms with Crippen molar-refractivity contribution in [1.29, 1.82) is 0 Å². The Kier molecular flexibility index (Phi) is 5.39. The van der Waals surface area contributed by atoms with Gasteiger partial charge in [-0.15, -0.1) is 0 Å². The van der Waals surface area contributed by atoms with Gasteiger partial charge < -0.3 is 9.47 Å². The van der Waals surface area contributed by atoms with E-state index in [-0.39, 0.29) is 5.97 Å². The Morgan fingerprint density at radius 2 is 2.06 bits per heavy atom. The van der Waals surface area contributed by atoms with Crippen LogP contribution in [0.2, 0.25) is 0 Å². The highest BCUT2D eigenvalue weighted by molar-refractivity contribution is 5.78. The largest absolute Gasteiger partial charge is 0.480 e. The van der Waals surface area contributed by atoms with Crippen LogP contribution >= 0.6 is 0 Å². The molecule has 0 aromatic carbocycles. The molecule has 0 spiro atoms. The lowest BCUT2D eigenvalue weighted by Gasteiger charge is -2.15. The highest BCUT2D eigenvalue weighted by Gasteiger charge is 2.26. The van der Waals surface area contributed by atoms with Crippen molar-refractivity contribution in [1.82, 2.24) is 9.97 Å². The third kappa shape index (κ3) is 3.41. The maximum absolute atomic E-state index is 11.7. The topological polar surface area (TPSA) is 61.3 Å². The number of nitrogens with zero attached hydrogens (tertiary/aromatic N) is 2. The van der Waals surface area contributed by atoms with E-state index in [1.54, 1.807) is 6.20 Å². The van der Waals surface area contributed by atoms with Gasteiger partial charge in [0.2, 0.25) is 5.88 Å². The van der Waals surface area contributed by atoms with E-state index in [0.717, 1.165) is 12.8 Å². The molecule has 0 aliphatic heterocycles. The van der Waals surface area contributed by atoms with Crippen molar-refractivity contribution < 1.29 is 14.3 Å². The Balaban J connectivity index is 2.98. The summed E-state index contributed by atoms with van der Waals surface area (Å²) in [7, 11) is 2.89. The molecule has 0 saturated carbocycles. The molecule has 0 saturated heterocycles. The maximum atomic E-state index is 11.7. The molecule has 0 amide bonds. The number of carbonyl (C=O) groups excluding carboxylic acids is 1. The summed E-state index contributed by atoms with van der Waals surface area (Å²) in [6.07, 6.45) is 5.73. The first-order chi connectivity index (χ1) is 8.24. The summed E-state index contributed by atoms with van der Waals surface area (Å²) in [6, 6.07) is 0. The number of rotatable bonds is 6. The summed E-state index contributed by atoms with van der Waals surface area (Å²) in [4.78, 5) is 20.0. The second-order valence-corrected chi connectivity index (χ2v) is 3.67. The van der Waals surface area contributed by atoms with Crippen LogP contribution in [-0.2, 0) is 9.53 Å². The average Bonchev–Trinajstić information content (AvgIpc) is 2.39. The van der Waals surface area contributed by atoms with Crippen LogP contribution in [0.15, 0.2) is 12.4 Å². The summed E-state index contributed by atoms with van der Waals surface area (Å²) in [5.41, 5.74) is 0.551. The Bertz CT molecular complexity index is 369. The van der Waals surface area contributed by atoms with Crippen LogP contribution in [0, 0.1) is 0 Å². The SMILES string of the molecule is CCCCC(C(=O)OC)c1nccnc1OC. The number of hydrogen-bond acceptors (Lipinski definition) is 5. The van der Waals surface area contributed by atoms with Crippen LogP contribution in [0.5, 0.6) is 5.88 Å². The quantitative estimate of drug-likeness (QED) is 0.709. The van der Waals surface area contributed by atoms with Gasteiger partial charge in [-0.3, -0.25) is 9.78 Å². The van der Waals surface area contributed by atoms with Crippen LogP contribution in [-0.4, -0.2) is 30.2 Å². The molecule has 5 nitrogen and oxygen atoms in total. The van der Waals surface area contributed by atoms with Gasteiger partial charge in [0.15, 0.2) is 0 Å². The molecule has 1 unspecified atom stereocenters. The van der Waals surface area contributed by atoms with E-state index in [9.17, 15) is 4.79 Å². The number of methoxy groups -OCH3 is 2. The van der Waals surface area contributed by atoms with Gasteiger partial charge in [0.25, 0.3) is 0 Å². The maximum Gasteiger partial charge on any atom is 0.314 e. The molecule has 0 N–H and O–H groups in total. The lowest BCUT2D eigenvalue weighted by atomic mass is 9.98. The fraction of sp³-hybridized carbons (Fsp3) is 0.583. The summed E-state index contributed by atoms with van der Waals surface area (Å²) < 4.78 is 9.92. The average molecular weight is 238 g/mol. The molecule has 0 aliphatic rings. The molecule has 1 heterocycles. The minimum atomic E-state index is -0.399. The molecule has 1 atom stereocenters. The van der Waals surface area contributed by atoms with Crippen LogP contribution in [0.1, 0.15) is 37.8 Å². The van der Waals surface area contributed by atoms with Crippen molar-refractivity contribution in [2.75, 3.05) is 14.2 Å². The van der Waals surface area contributed by atoms with Crippen LogP contribution < -0.4 is 4.74 Å². The molecule has 1 rings (SSSR count). The van der Waals surface area contributed by atoms with Gasteiger partial charge in [-0.2, -0.15) is 0 Å². The van der Waals surface area contributed by atoms with Crippen molar-refractivity contribution in [3.8, 4) is 5.88 Å². The lowest BCUT2D eigenvalue weighted by Crippen LogP contribution is -2.17.